The molecule has 0 aliphatic heterocycles. The average molecular weight is 315 g/mol. The van der Waals surface area contributed by atoms with Crippen LogP contribution in [0.4, 0.5) is 0 Å². The van der Waals surface area contributed by atoms with Gasteiger partial charge in [0.1, 0.15) is 0 Å². The first-order valence-corrected chi connectivity index (χ1v) is 7.97. The van der Waals surface area contributed by atoms with Gasteiger partial charge in [-0.15, -0.1) is 5.10 Å². The van der Waals surface area contributed by atoms with E-state index in [1.54, 1.807) is 11.5 Å². The first-order valence-electron chi connectivity index (χ1n) is 7.09. The number of carbonyl (C=O) groups excluding carboxylic acids is 1. The van der Waals surface area contributed by atoms with E-state index < -0.39 is 5.54 Å². The number of hydrogen-bond acceptors (Lipinski definition) is 5. The van der Waals surface area contributed by atoms with Gasteiger partial charge in [-0.05, 0) is 33.7 Å². The molecule has 0 aliphatic rings. The number of nitrogens with zero attached hydrogens (tertiary/aromatic N) is 2. The lowest BCUT2D eigenvalue weighted by Gasteiger charge is -2.29. The molecule has 0 bridgehead atoms. The Balaban J connectivity index is 2.84. The van der Waals surface area contributed by atoms with E-state index in [0.29, 0.717) is 18.1 Å². The minimum absolute atomic E-state index is 0.0299. The Kier molecular flexibility index (Phi) is 6.03. The van der Waals surface area contributed by atoms with Crippen LogP contribution in [-0.4, -0.2) is 38.0 Å². The molecule has 0 saturated heterocycles. The van der Waals surface area contributed by atoms with E-state index >= 15 is 0 Å². The Bertz CT molecular complexity index is 539. The first kappa shape index (κ1) is 17.8. The van der Waals surface area contributed by atoms with Crippen LogP contribution in [0.25, 0.3) is 0 Å². The maximum atomic E-state index is 11.7. The third-order valence-corrected chi connectivity index (χ3v) is 4.37. The fourth-order valence-electron chi connectivity index (χ4n) is 2.28. The second-order valence-corrected chi connectivity index (χ2v) is 7.04. The molecule has 1 heterocycles. The average Bonchev–Trinajstić information content (AvgIpc) is 2.70. The number of carbonyl (C=O) groups is 1. The molecule has 1 amide bonds. The van der Waals surface area contributed by atoms with Gasteiger partial charge in [-0.3, -0.25) is 9.36 Å². The summed E-state index contributed by atoms with van der Waals surface area (Å²) in [5.74, 6) is -0.375. The monoisotopic (exact) mass is 315 g/mol. The van der Waals surface area contributed by atoms with Crippen molar-refractivity contribution >= 4 is 17.7 Å². The van der Waals surface area contributed by atoms with Crippen LogP contribution in [0, 0.1) is 0 Å². The zero-order valence-electron chi connectivity index (χ0n) is 13.3. The molecule has 2 unspecified atom stereocenters. The van der Waals surface area contributed by atoms with Crippen molar-refractivity contribution in [3.05, 3.63) is 10.5 Å². The molecule has 4 N–H and O–H groups in total. The van der Waals surface area contributed by atoms with Crippen LogP contribution in [0.5, 0.6) is 0 Å². The molecule has 1 aromatic heterocycles. The molecule has 7 nitrogen and oxygen atoms in total. The highest BCUT2D eigenvalue weighted by molar-refractivity contribution is 7.99. The van der Waals surface area contributed by atoms with E-state index in [0.717, 1.165) is 0 Å². The van der Waals surface area contributed by atoms with E-state index in [1.807, 2.05) is 27.7 Å². The summed E-state index contributed by atoms with van der Waals surface area (Å²) in [5.41, 5.74) is 4.51. The fourth-order valence-corrected chi connectivity index (χ4v) is 3.56. The van der Waals surface area contributed by atoms with Crippen LogP contribution in [0.2, 0.25) is 0 Å². The molecule has 0 spiro atoms. The van der Waals surface area contributed by atoms with Crippen molar-refractivity contribution in [3.63, 3.8) is 0 Å². The molecule has 0 radical (unpaired) electrons. The van der Waals surface area contributed by atoms with Gasteiger partial charge in [0.05, 0.1) is 5.54 Å². The van der Waals surface area contributed by atoms with Gasteiger partial charge in [-0.25, -0.2) is 9.89 Å². The van der Waals surface area contributed by atoms with Crippen molar-refractivity contribution in [1.29, 1.82) is 0 Å². The van der Waals surface area contributed by atoms with Crippen LogP contribution in [0.15, 0.2) is 9.95 Å². The summed E-state index contributed by atoms with van der Waals surface area (Å²) in [6.07, 6.45) is 0.556. The molecule has 2 atom stereocenters. The van der Waals surface area contributed by atoms with Crippen LogP contribution in [-0.2, 0) is 4.79 Å². The number of aromatic amines is 1. The standard InChI is InChI=1S/C13H25N5O2S/c1-6-15-13(5,10(14)19)7-9(4)21-12-17-16-11(20)18(12)8(2)3/h8-9,15H,6-7H2,1-5H3,(H2,14,19)(H,16,20). The largest absolute Gasteiger partial charge is 0.368 e. The Morgan fingerprint density at radius 3 is 2.62 bits per heavy atom. The summed E-state index contributed by atoms with van der Waals surface area (Å²) in [7, 11) is 0. The van der Waals surface area contributed by atoms with Gasteiger partial charge in [0, 0.05) is 11.3 Å². The number of likely N-dealkylation sites (N-methyl/N-ethyl adjacent to an activating group) is 1. The molecule has 21 heavy (non-hydrogen) atoms. The summed E-state index contributed by atoms with van der Waals surface area (Å²) >= 11 is 1.46. The maximum absolute atomic E-state index is 11.7. The van der Waals surface area contributed by atoms with Gasteiger partial charge in [-0.2, -0.15) is 0 Å². The molecule has 1 aromatic rings. The van der Waals surface area contributed by atoms with Crippen molar-refractivity contribution in [2.45, 2.75) is 63.0 Å². The van der Waals surface area contributed by atoms with Gasteiger partial charge < -0.3 is 11.1 Å². The molecule has 0 fully saturated rings. The molecule has 8 heteroatoms. The Morgan fingerprint density at radius 1 is 1.52 bits per heavy atom. The first-order chi connectivity index (χ1) is 9.71. The highest BCUT2D eigenvalue weighted by Crippen LogP contribution is 2.27. The molecule has 0 aliphatic carbocycles. The van der Waals surface area contributed by atoms with E-state index in [4.69, 9.17) is 5.73 Å². The second kappa shape index (κ2) is 7.13. The van der Waals surface area contributed by atoms with E-state index in [-0.39, 0.29) is 22.9 Å². The van der Waals surface area contributed by atoms with E-state index in [1.165, 1.54) is 11.8 Å². The minimum atomic E-state index is -0.763. The molecular weight excluding hydrogens is 290 g/mol. The topological polar surface area (TPSA) is 106 Å². The number of aromatic nitrogens is 3. The van der Waals surface area contributed by atoms with E-state index in [2.05, 4.69) is 15.5 Å². The van der Waals surface area contributed by atoms with Crippen molar-refractivity contribution in [3.8, 4) is 0 Å². The highest BCUT2D eigenvalue weighted by atomic mass is 32.2. The quantitative estimate of drug-likeness (QED) is 0.617. The molecule has 0 saturated carbocycles. The van der Waals surface area contributed by atoms with Crippen LogP contribution < -0.4 is 16.7 Å². The van der Waals surface area contributed by atoms with Crippen LogP contribution in [0.1, 0.15) is 47.1 Å². The lowest BCUT2D eigenvalue weighted by molar-refractivity contribution is -0.124. The Labute approximate surface area is 129 Å². The summed E-state index contributed by atoms with van der Waals surface area (Å²) in [6.45, 7) is 10.2. The zero-order chi connectivity index (χ0) is 16.2. The SMILES string of the molecule is CCNC(C)(CC(C)Sc1n[nH]c(=O)n1C(C)C)C(N)=O. The lowest BCUT2D eigenvalue weighted by Crippen LogP contribution is -2.54. The van der Waals surface area contributed by atoms with Gasteiger partial charge >= 0.3 is 5.69 Å². The number of rotatable bonds is 8. The highest BCUT2D eigenvalue weighted by Gasteiger charge is 2.32. The van der Waals surface area contributed by atoms with Gasteiger partial charge in [-0.1, -0.05) is 25.6 Å². The number of amides is 1. The number of H-pyrrole nitrogens is 1. The number of primary amides is 1. The van der Waals surface area contributed by atoms with Crippen LogP contribution in [0.3, 0.4) is 0 Å². The predicted molar refractivity (Wildman–Crippen MR) is 84.4 cm³/mol. The molecular formula is C13H25N5O2S. The zero-order valence-corrected chi connectivity index (χ0v) is 14.1. The molecule has 0 aromatic carbocycles. The fraction of sp³-hybridized carbons (Fsp3) is 0.769. The second-order valence-electron chi connectivity index (χ2n) is 5.63. The van der Waals surface area contributed by atoms with Crippen molar-refractivity contribution in [1.82, 2.24) is 20.1 Å². The van der Waals surface area contributed by atoms with E-state index in [9.17, 15) is 9.59 Å². The maximum Gasteiger partial charge on any atom is 0.344 e. The smallest absolute Gasteiger partial charge is 0.344 e. The van der Waals surface area contributed by atoms with Gasteiger partial charge in [0.25, 0.3) is 0 Å². The number of thioether (sulfide) groups is 1. The summed E-state index contributed by atoms with van der Waals surface area (Å²) < 4.78 is 1.61. The van der Waals surface area contributed by atoms with Gasteiger partial charge in [0.2, 0.25) is 5.91 Å². The number of nitrogens with two attached hydrogens (primary N) is 1. The normalized spacial score (nSPS) is 15.9. The molecule has 1 rings (SSSR count). The Morgan fingerprint density at radius 2 is 2.14 bits per heavy atom. The molecule has 120 valence electrons. The minimum Gasteiger partial charge on any atom is -0.368 e. The number of nitrogens with one attached hydrogen (secondary N) is 2. The Hall–Kier alpha value is -1.28. The third kappa shape index (κ3) is 4.34. The third-order valence-electron chi connectivity index (χ3n) is 3.30. The van der Waals surface area contributed by atoms with Crippen molar-refractivity contribution < 1.29 is 4.79 Å². The van der Waals surface area contributed by atoms with Crippen LogP contribution >= 0.6 is 11.8 Å². The van der Waals surface area contributed by atoms with Crippen molar-refractivity contribution in [2.24, 2.45) is 5.73 Å². The predicted octanol–water partition coefficient (Wildman–Crippen LogP) is 0.877. The lowest BCUT2D eigenvalue weighted by atomic mass is 9.95. The van der Waals surface area contributed by atoms with Crippen molar-refractivity contribution in [2.75, 3.05) is 6.54 Å². The summed E-state index contributed by atoms with van der Waals surface area (Å²) in [5, 5.41) is 10.4. The summed E-state index contributed by atoms with van der Waals surface area (Å²) in [4.78, 5) is 23.4. The summed E-state index contributed by atoms with van der Waals surface area (Å²) in [6, 6.07) is 0.0299. The number of hydrogen-bond donors (Lipinski definition) is 3. The van der Waals surface area contributed by atoms with Gasteiger partial charge in [0.15, 0.2) is 5.16 Å².